The van der Waals surface area contributed by atoms with E-state index < -0.39 is 12.1 Å². The molecular formula is C61H113NO5. The van der Waals surface area contributed by atoms with Crippen molar-refractivity contribution in [1.29, 1.82) is 0 Å². The lowest BCUT2D eigenvalue weighted by Gasteiger charge is -2.20. The van der Waals surface area contributed by atoms with E-state index >= 15 is 0 Å². The van der Waals surface area contributed by atoms with Gasteiger partial charge in [-0.1, -0.05) is 249 Å². The highest BCUT2D eigenvalue weighted by Crippen LogP contribution is 2.16. The summed E-state index contributed by atoms with van der Waals surface area (Å²) in [5, 5.41) is 23.2. The van der Waals surface area contributed by atoms with Crippen LogP contribution in [0.3, 0.4) is 0 Å². The van der Waals surface area contributed by atoms with Crippen LogP contribution in [0.4, 0.5) is 0 Å². The Morgan fingerprint density at radius 2 is 0.746 bits per heavy atom. The lowest BCUT2D eigenvalue weighted by Crippen LogP contribution is -2.45. The van der Waals surface area contributed by atoms with E-state index in [1.165, 1.54) is 180 Å². The van der Waals surface area contributed by atoms with Crippen LogP contribution >= 0.6 is 0 Å². The summed E-state index contributed by atoms with van der Waals surface area (Å²) in [7, 11) is 0. The monoisotopic (exact) mass is 940 g/mol. The molecule has 0 radical (unpaired) electrons. The van der Waals surface area contributed by atoms with Crippen LogP contribution < -0.4 is 5.32 Å². The highest BCUT2D eigenvalue weighted by atomic mass is 16.5. The first kappa shape index (κ1) is 64.8. The van der Waals surface area contributed by atoms with E-state index in [0.29, 0.717) is 19.4 Å². The number of aliphatic hydroxyl groups excluding tert-OH is 2. The minimum atomic E-state index is -0.866. The lowest BCUT2D eigenvalue weighted by atomic mass is 10.0. The fourth-order valence-electron chi connectivity index (χ4n) is 8.78. The normalized spacial score (nSPS) is 13.0. The van der Waals surface area contributed by atoms with Crippen LogP contribution in [0.15, 0.2) is 48.6 Å². The molecule has 392 valence electrons. The summed E-state index contributed by atoms with van der Waals surface area (Å²) in [4.78, 5) is 24.5. The molecule has 0 aliphatic heterocycles. The first-order valence-electron chi connectivity index (χ1n) is 29.4. The number of unbranched alkanes of at least 4 members (excludes halogenated alkanes) is 37. The molecule has 0 aromatic rings. The van der Waals surface area contributed by atoms with Crippen LogP contribution in [-0.2, 0) is 14.3 Å². The third-order valence-corrected chi connectivity index (χ3v) is 13.3. The summed E-state index contributed by atoms with van der Waals surface area (Å²) in [6.07, 6.45) is 71.4. The van der Waals surface area contributed by atoms with Crippen LogP contribution in [0.5, 0.6) is 0 Å². The van der Waals surface area contributed by atoms with Gasteiger partial charge in [0.05, 0.1) is 25.4 Å². The van der Waals surface area contributed by atoms with Gasteiger partial charge in [0, 0.05) is 12.8 Å². The number of ether oxygens (including phenoxy) is 1. The van der Waals surface area contributed by atoms with Gasteiger partial charge in [-0.15, -0.1) is 0 Å². The molecule has 0 saturated heterocycles. The lowest BCUT2D eigenvalue weighted by molar-refractivity contribution is -0.143. The molecule has 0 saturated carbocycles. The number of carbonyl (C=O) groups is 2. The van der Waals surface area contributed by atoms with E-state index in [1.54, 1.807) is 6.08 Å². The van der Waals surface area contributed by atoms with Crippen LogP contribution in [0.2, 0.25) is 0 Å². The van der Waals surface area contributed by atoms with Gasteiger partial charge < -0.3 is 20.3 Å². The molecule has 6 heteroatoms. The number of carbonyl (C=O) groups excluding carboxylic acids is 2. The van der Waals surface area contributed by atoms with Gasteiger partial charge in [-0.05, 0) is 89.9 Å². The maximum Gasteiger partial charge on any atom is 0.305 e. The zero-order valence-electron chi connectivity index (χ0n) is 44.6. The molecule has 0 aliphatic rings. The number of esters is 1. The SMILES string of the molecule is CCCCCC/C=C\C/C=C\CCCCCCCC(=O)OCCCC/C=C\CCCCCCCC(=O)NC(CO)C(O)/C=C/CCCCCCCCCCCCCCCCCCCCCCC. The Hall–Kier alpha value is -2.18. The summed E-state index contributed by atoms with van der Waals surface area (Å²) in [6, 6.07) is -0.652. The van der Waals surface area contributed by atoms with Gasteiger partial charge in [-0.2, -0.15) is 0 Å². The number of amides is 1. The van der Waals surface area contributed by atoms with Gasteiger partial charge in [-0.25, -0.2) is 0 Å². The molecule has 0 aromatic heterocycles. The second-order valence-electron chi connectivity index (χ2n) is 20.0. The van der Waals surface area contributed by atoms with Crippen LogP contribution in [0, 0.1) is 0 Å². The molecule has 2 atom stereocenters. The second-order valence-corrected chi connectivity index (χ2v) is 20.0. The van der Waals surface area contributed by atoms with Crippen molar-refractivity contribution in [3.05, 3.63) is 48.6 Å². The smallest absolute Gasteiger partial charge is 0.305 e. The predicted octanol–water partition coefficient (Wildman–Crippen LogP) is 18.2. The molecule has 3 N–H and O–H groups in total. The number of nitrogens with one attached hydrogen (secondary N) is 1. The molecule has 0 bridgehead atoms. The Balaban J connectivity index is 3.55. The number of allylic oxidation sites excluding steroid dienone is 7. The Labute approximate surface area is 416 Å². The Bertz CT molecular complexity index is 1130. The van der Waals surface area contributed by atoms with E-state index in [4.69, 9.17) is 4.74 Å². The van der Waals surface area contributed by atoms with E-state index in [1.807, 2.05) is 6.08 Å². The maximum atomic E-state index is 12.5. The van der Waals surface area contributed by atoms with Gasteiger partial charge in [0.2, 0.25) is 5.91 Å². The summed E-state index contributed by atoms with van der Waals surface area (Å²) in [6.45, 7) is 4.81. The summed E-state index contributed by atoms with van der Waals surface area (Å²) < 4.78 is 5.44. The van der Waals surface area contributed by atoms with Gasteiger partial charge in [0.25, 0.3) is 0 Å². The molecule has 1 amide bonds. The molecule has 0 fully saturated rings. The fourth-order valence-corrected chi connectivity index (χ4v) is 8.78. The Morgan fingerprint density at radius 1 is 0.418 bits per heavy atom. The van der Waals surface area contributed by atoms with Crippen molar-refractivity contribution in [3.63, 3.8) is 0 Å². The predicted molar refractivity (Wildman–Crippen MR) is 292 cm³/mol. The Kier molecular flexibility index (Phi) is 54.6. The number of hydrogen-bond donors (Lipinski definition) is 3. The minimum Gasteiger partial charge on any atom is -0.466 e. The topological polar surface area (TPSA) is 95.9 Å². The van der Waals surface area contributed by atoms with Crippen LogP contribution in [0.1, 0.15) is 303 Å². The van der Waals surface area contributed by atoms with Gasteiger partial charge in [0.1, 0.15) is 0 Å². The third kappa shape index (κ3) is 53.0. The largest absolute Gasteiger partial charge is 0.466 e. The molecule has 6 nitrogen and oxygen atoms in total. The Morgan fingerprint density at radius 3 is 1.16 bits per heavy atom. The highest BCUT2D eigenvalue weighted by Gasteiger charge is 2.18. The minimum absolute atomic E-state index is 0.0464. The summed E-state index contributed by atoms with van der Waals surface area (Å²) in [5.74, 6) is -0.143. The molecule has 0 heterocycles. The summed E-state index contributed by atoms with van der Waals surface area (Å²) >= 11 is 0. The zero-order valence-corrected chi connectivity index (χ0v) is 44.6. The van der Waals surface area contributed by atoms with E-state index in [2.05, 4.69) is 55.6 Å². The van der Waals surface area contributed by atoms with Crippen molar-refractivity contribution in [2.75, 3.05) is 13.2 Å². The number of rotatable bonds is 54. The zero-order chi connectivity index (χ0) is 48.6. The van der Waals surface area contributed by atoms with E-state index in [0.717, 1.165) is 96.3 Å². The van der Waals surface area contributed by atoms with E-state index in [9.17, 15) is 19.8 Å². The van der Waals surface area contributed by atoms with Crippen molar-refractivity contribution < 1.29 is 24.5 Å². The van der Waals surface area contributed by atoms with Gasteiger partial charge >= 0.3 is 5.97 Å². The quantitative estimate of drug-likeness (QED) is 0.0321. The molecular weight excluding hydrogens is 827 g/mol. The highest BCUT2D eigenvalue weighted by molar-refractivity contribution is 5.76. The average Bonchev–Trinajstić information content (AvgIpc) is 3.33. The van der Waals surface area contributed by atoms with Crippen molar-refractivity contribution in [1.82, 2.24) is 5.32 Å². The van der Waals surface area contributed by atoms with Crippen molar-refractivity contribution >= 4 is 11.9 Å². The average molecular weight is 941 g/mol. The van der Waals surface area contributed by atoms with Gasteiger partial charge in [-0.3, -0.25) is 9.59 Å². The summed E-state index contributed by atoms with van der Waals surface area (Å²) in [5.41, 5.74) is 0. The van der Waals surface area contributed by atoms with Gasteiger partial charge in [0.15, 0.2) is 0 Å². The number of aliphatic hydroxyl groups is 2. The first-order chi connectivity index (χ1) is 33.0. The molecule has 0 rings (SSSR count). The van der Waals surface area contributed by atoms with Crippen molar-refractivity contribution in [2.45, 2.75) is 315 Å². The van der Waals surface area contributed by atoms with E-state index in [-0.39, 0.29) is 18.5 Å². The first-order valence-corrected chi connectivity index (χ1v) is 29.4. The molecule has 67 heavy (non-hydrogen) atoms. The van der Waals surface area contributed by atoms with Crippen LogP contribution in [-0.4, -0.2) is 47.4 Å². The standard InChI is InChI=1S/C61H113NO5/c1-3-5-7-9-11-13-15-17-19-21-22-23-24-25-26-27-28-30-33-37-41-45-49-53-59(64)58(57-63)62-60(65)54-50-46-42-38-34-32-36-40-44-48-52-56-67-61(66)55-51-47-43-39-35-31-29-20-18-16-14-12-10-8-6-4-2/h14,16,20,29,36,40,49,53,58-59,63-64H,3-13,15,17-19,21-28,30-35,37-39,41-48,50-52,54-57H2,1-2H3,(H,62,65)/b16-14-,29-20-,40-36-,53-49+. The third-order valence-electron chi connectivity index (χ3n) is 13.3. The molecule has 0 spiro atoms. The number of hydrogen-bond acceptors (Lipinski definition) is 5. The fraction of sp³-hybridized carbons (Fsp3) is 0.836. The van der Waals surface area contributed by atoms with Crippen LogP contribution in [0.25, 0.3) is 0 Å². The van der Waals surface area contributed by atoms with Crippen molar-refractivity contribution in [3.8, 4) is 0 Å². The maximum absolute atomic E-state index is 12.5. The molecule has 2 unspecified atom stereocenters. The second kappa shape index (κ2) is 56.4. The molecule has 0 aliphatic carbocycles. The van der Waals surface area contributed by atoms with Crippen molar-refractivity contribution in [2.24, 2.45) is 0 Å². The molecule has 0 aromatic carbocycles.